The van der Waals surface area contributed by atoms with Crippen LogP contribution in [0.2, 0.25) is 0 Å². The Balaban J connectivity index is 1.35. The molecule has 2 atom stereocenters. The molecule has 4 aromatic rings. The number of aliphatic hydroxyl groups excluding tert-OH is 1. The molecule has 4 rings (SSSR count). The summed E-state index contributed by atoms with van der Waals surface area (Å²) >= 11 is 0. The van der Waals surface area contributed by atoms with E-state index in [9.17, 15) is 19.5 Å². The van der Waals surface area contributed by atoms with Crippen LogP contribution in [0.15, 0.2) is 109 Å². The number of carbonyl (C=O) groups is 3. The number of rotatable bonds is 16. The van der Waals surface area contributed by atoms with E-state index in [1.807, 2.05) is 91.0 Å². The van der Waals surface area contributed by atoms with Gasteiger partial charge in [0, 0.05) is 13.0 Å². The Morgan fingerprint density at radius 2 is 1.24 bits per heavy atom. The van der Waals surface area contributed by atoms with Gasteiger partial charge in [-0.05, 0) is 34.4 Å². The molecule has 0 fully saturated rings. The van der Waals surface area contributed by atoms with Crippen LogP contribution in [0.3, 0.4) is 0 Å². The predicted octanol–water partition coefficient (Wildman–Crippen LogP) is 4.72. The molecular weight excluding hydrogens is 588 g/mol. The van der Waals surface area contributed by atoms with Crippen molar-refractivity contribution in [2.45, 2.75) is 44.8 Å². The van der Waals surface area contributed by atoms with Gasteiger partial charge in [0.05, 0.1) is 19.6 Å². The van der Waals surface area contributed by atoms with Crippen molar-refractivity contribution in [3.8, 4) is 11.5 Å². The second-order valence-electron chi connectivity index (χ2n) is 10.5. The summed E-state index contributed by atoms with van der Waals surface area (Å²) in [5.74, 6) is -0.236. The number of carbonyl (C=O) groups excluding carboxylic acids is 3. The van der Waals surface area contributed by atoms with Crippen LogP contribution in [0.1, 0.15) is 28.7 Å². The summed E-state index contributed by atoms with van der Waals surface area (Å²) in [4.78, 5) is 37.4. The Morgan fingerprint density at radius 1 is 0.696 bits per heavy atom. The highest BCUT2D eigenvalue weighted by Gasteiger charge is 2.24. The summed E-state index contributed by atoms with van der Waals surface area (Å²) in [6.45, 7) is 0.499. The van der Waals surface area contributed by atoms with Gasteiger partial charge in [0.25, 0.3) is 0 Å². The Hall–Kier alpha value is -5.35. The smallest absolute Gasteiger partial charge is 0.407 e. The normalized spacial score (nSPS) is 11.9. The molecule has 0 saturated carbocycles. The number of nitrogens with one attached hydrogen (secondary N) is 2. The quantitative estimate of drug-likeness (QED) is 0.152. The lowest BCUT2D eigenvalue weighted by molar-refractivity contribution is -0.145. The van der Waals surface area contributed by atoms with Crippen LogP contribution in [0.4, 0.5) is 4.79 Å². The zero-order chi connectivity index (χ0) is 32.6. The maximum absolute atomic E-state index is 12.8. The first kappa shape index (κ1) is 33.5. The second-order valence-corrected chi connectivity index (χ2v) is 10.5. The minimum Gasteiger partial charge on any atom is -0.485 e. The fourth-order valence-corrected chi connectivity index (χ4v) is 4.47. The van der Waals surface area contributed by atoms with E-state index >= 15 is 0 Å². The van der Waals surface area contributed by atoms with Gasteiger partial charge in [-0.25, -0.2) is 9.59 Å². The van der Waals surface area contributed by atoms with Crippen molar-refractivity contribution in [2.24, 2.45) is 0 Å². The maximum Gasteiger partial charge on any atom is 0.407 e. The SMILES string of the molecule is COC(=O)[C@@H](Cc1ccc(OCc2ccccc2)c(OCc2ccccc2)c1)NC(=O)C[C@H](O)CNC(=O)OCc1ccccc1. The lowest BCUT2D eigenvalue weighted by Gasteiger charge is -2.19. The first-order valence-corrected chi connectivity index (χ1v) is 14.9. The van der Waals surface area contributed by atoms with Crippen LogP contribution in [0, 0.1) is 0 Å². The minimum atomic E-state index is -1.21. The molecule has 0 bridgehead atoms. The Morgan fingerprint density at radius 3 is 1.80 bits per heavy atom. The fraction of sp³-hybridized carbons (Fsp3) is 0.250. The number of aliphatic hydroxyl groups is 1. The van der Waals surface area contributed by atoms with E-state index in [-0.39, 0.29) is 26.0 Å². The molecule has 0 saturated heterocycles. The monoisotopic (exact) mass is 626 g/mol. The molecule has 0 heterocycles. The summed E-state index contributed by atoms with van der Waals surface area (Å²) in [5, 5.41) is 15.4. The molecule has 0 aliphatic carbocycles. The average molecular weight is 627 g/mol. The topological polar surface area (TPSA) is 132 Å². The average Bonchev–Trinajstić information content (AvgIpc) is 3.09. The summed E-state index contributed by atoms with van der Waals surface area (Å²) in [6.07, 6.45) is -2.19. The summed E-state index contributed by atoms with van der Waals surface area (Å²) in [6, 6.07) is 32.9. The highest BCUT2D eigenvalue weighted by Crippen LogP contribution is 2.31. The largest absolute Gasteiger partial charge is 0.485 e. The number of amides is 2. The molecular formula is C36H38N2O8. The zero-order valence-electron chi connectivity index (χ0n) is 25.6. The van der Waals surface area contributed by atoms with Crippen LogP contribution in [0.5, 0.6) is 11.5 Å². The number of hydrogen-bond acceptors (Lipinski definition) is 8. The molecule has 4 aromatic carbocycles. The lowest BCUT2D eigenvalue weighted by Crippen LogP contribution is -2.45. The maximum atomic E-state index is 12.8. The van der Waals surface area contributed by atoms with E-state index < -0.39 is 30.1 Å². The number of alkyl carbamates (subject to hydrolysis) is 1. The first-order valence-electron chi connectivity index (χ1n) is 14.9. The van der Waals surface area contributed by atoms with Gasteiger partial charge in [0.2, 0.25) is 5.91 Å². The summed E-state index contributed by atoms with van der Waals surface area (Å²) in [7, 11) is 1.23. The third kappa shape index (κ3) is 11.3. The van der Waals surface area contributed by atoms with Gasteiger partial charge in [-0.2, -0.15) is 0 Å². The fourth-order valence-electron chi connectivity index (χ4n) is 4.47. The zero-order valence-corrected chi connectivity index (χ0v) is 25.6. The van der Waals surface area contributed by atoms with Crippen molar-refractivity contribution >= 4 is 18.0 Å². The van der Waals surface area contributed by atoms with E-state index in [2.05, 4.69) is 10.6 Å². The van der Waals surface area contributed by atoms with Crippen molar-refractivity contribution in [3.63, 3.8) is 0 Å². The third-order valence-corrected chi connectivity index (χ3v) is 6.86. The Bertz CT molecular complexity index is 1530. The van der Waals surface area contributed by atoms with E-state index in [0.717, 1.165) is 16.7 Å². The standard InChI is InChI=1S/C36H38N2O8/c1-43-35(41)31(38-34(40)21-30(39)22-37-36(42)46-25-28-15-9-4-10-16-28)19-29-17-18-32(44-23-26-11-5-2-6-12-26)33(20-29)45-24-27-13-7-3-8-14-27/h2-18,20,30-31,39H,19,21-25H2,1H3,(H,37,42)(H,38,40)/t30-,31+/m0/s1. The van der Waals surface area contributed by atoms with Crippen molar-refractivity contribution < 1.29 is 38.4 Å². The van der Waals surface area contributed by atoms with Gasteiger partial charge in [-0.3, -0.25) is 4.79 Å². The van der Waals surface area contributed by atoms with E-state index in [0.29, 0.717) is 30.3 Å². The molecule has 0 aliphatic heterocycles. The molecule has 10 nitrogen and oxygen atoms in total. The van der Waals surface area contributed by atoms with Gasteiger partial charge >= 0.3 is 12.1 Å². The van der Waals surface area contributed by atoms with Crippen molar-refractivity contribution in [1.29, 1.82) is 0 Å². The van der Waals surface area contributed by atoms with Crippen LogP contribution >= 0.6 is 0 Å². The van der Waals surface area contributed by atoms with Crippen molar-refractivity contribution in [3.05, 3.63) is 131 Å². The first-order chi connectivity index (χ1) is 22.4. The molecule has 10 heteroatoms. The van der Waals surface area contributed by atoms with Gasteiger partial charge < -0.3 is 34.7 Å². The van der Waals surface area contributed by atoms with E-state index in [4.69, 9.17) is 18.9 Å². The molecule has 0 aromatic heterocycles. The molecule has 240 valence electrons. The Labute approximate surface area is 268 Å². The van der Waals surface area contributed by atoms with Crippen molar-refractivity contribution in [2.75, 3.05) is 13.7 Å². The number of hydrogen-bond donors (Lipinski definition) is 3. The lowest BCUT2D eigenvalue weighted by atomic mass is 10.0. The highest BCUT2D eigenvalue weighted by molar-refractivity contribution is 5.85. The van der Waals surface area contributed by atoms with Crippen LogP contribution in [-0.2, 0) is 45.3 Å². The van der Waals surface area contributed by atoms with Crippen LogP contribution in [0.25, 0.3) is 0 Å². The molecule has 2 amide bonds. The van der Waals surface area contributed by atoms with Crippen LogP contribution in [-0.4, -0.2) is 48.9 Å². The molecule has 0 aliphatic rings. The van der Waals surface area contributed by atoms with Crippen molar-refractivity contribution in [1.82, 2.24) is 10.6 Å². The number of benzene rings is 4. The van der Waals surface area contributed by atoms with Gasteiger partial charge in [0.1, 0.15) is 25.9 Å². The summed E-state index contributed by atoms with van der Waals surface area (Å²) < 4.78 is 22.3. The highest BCUT2D eigenvalue weighted by atomic mass is 16.5. The Kier molecular flexibility index (Phi) is 13.0. The van der Waals surface area contributed by atoms with Crippen LogP contribution < -0.4 is 20.1 Å². The third-order valence-electron chi connectivity index (χ3n) is 6.86. The van der Waals surface area contributed by atoms with Gasteiger partial charge in [0.15, 0.2) is 11.5 Å². The second kappa shape index (κ2) is 17.8. The minimum absolute atomic E-state index is 0.0726. The molecule has 0 unspecified atom stereocenters. The van der Waals surface area contributed by atoms with Gasteiger partial charge in [-0.15, -0.1) is 0 Å². The van der Waals surface area contributed by atoms with Gasteiger partial charge in [-0.1, -0.05) is 97.1 Å². The number of ether oxygens (including phenoxy) is 4. The molecule has 0 spiro atoms. The van der Waals surface area contributed by atoms with E-state index in [1.165, 1.54) is 7.11 Å². The predicted molar refractivity (Wildman–Crippen MR) is 171 cm³/mol. The molecule has 46 heavy (non-hydrogen) atoms. The van der Waals surface area contributed by atoms with E-state index in [1.54, 1.807) is 18.2 Å². The summed E-state index contributed by atoms with van der Waals surface area (Å²) in [5.41, 5.74) is 3.47. The number of methoxy groups -OCH3 is 1. The molecule has 3 N–H and O–H groups in total. The number of esters is 1. The molecule has 0 radical (unpaired) electrons.